The van der Waals surface area contributed by atoms with Crippen molar-refractivity contribution < 1.29 is 30.8 Å². The summed E-state index contributed by atoms with van der Waals surface area (Å²) in [6.07, 6.45) is -1.07. The average Bonchev–Trinajstić information content (AvgIpc) is 2.26. The zero-order chi connectivity index (χ0) is 15.2. The van der Waals surface area contributed by atoms with Gasteiger partial charge < -0.3 is 13.3 Å². The Hall–Kier alpha value is 0.297. The highest BCUT2D eigenvalue weighted by Crippen LogP contribution is 2.43. The minimum atomic E-state index is -4.26. The Morgan fingerprint density at radius 2 is 1.26 bits per heavy atom. The van der Waals surface area contributed by atoms with Crippen LogP contribution >= 0.6 is 15.9 Å². The molecule has 116 valence electrons. The van der Waals surface area contributed by atoms with E-state index in [1.807, 2.05) is 0 Å². The maximum atomic E-state index is 13.2. The van der Waals surface area contributed by atoms with Crippen LogP contribution in [0.25, 0.3) is 0 Å². The van der Waals surface area contributed by atoms with Gasteiger partial charge in [-0.05, 0) is 36.7 Å². The number of hydrogen-bond acceptors (Lipinski definition) is 3. The fraction of sp³-hybridized carbons (Fsp3) is 1.00. The van der Waals surface area contributed by atoms with Crippen molar-refractivity contribution in [2.45, 2.75) is 44.0 Å². The van der Waals surface area contributed by atoms with E-state index < -0.39 is 26.0 Å². The predicted octanol–water partition coefficient (Wildman–Crippen LogP) is 4.05. The van der Waals surface area contributed by atoms with E-state index in [0.29, 0.717) is 0 Å². The highest BCUT2D eigenvalue weighted by atomic mass is 79.9. The second-order valence-electron chi connectivity index (χ2n) is 3.68. The molecule has 0 heterocycles. The summed E-state index contributed by atoms with van der Waals surface area (Å²) in [5, 5.41) is 0. The zero-order valence-electron chi connectivity index (χ0n) is 11.2. The molecule has 0 amide bonds. The maximum absolute atomic E-state index is 13.2. The SMILES string of the molecule is CCO[Si](CCC(F)(F)C(F)(F)Br)(OCC)OCC. The smallest absolute Gasteiger partial charge is 0.374 e. The van der Waals surface area contributed by atoms with E-state index in [1.165, 1.54) is 0 Å². The van der Waals surface area contributed by atoms with Crippen LogP contribution in [0.2, 0.25) is 6.04 Å². The van der Waals surface area contributed by atoms with Gasteiger partial charge in [0.15, 0.2) is 0 Å². The molecule has 3 nitrogen and oxygen atoms in total. The molecule has 0 fully saturated rings. The van der Waals surface area contributed by atoms with Crippen LogP contribution in [0.5, 0.6) is 0 Å². The van der Waals surface area contributed by atoms with Crippen LogP contribution in [0.3, 0.4) is 0 Å². The van der Waals surface area contributed by atoms with Crippen molar-refractivity contribution in [1.82, 2.24) is 0 Å². The summed E-state index contributed by atoms with van der Waals surface area (Å²) in [6, 6.07) is -0.364. The zero-order valence-corrected chi connectivity index (χ0v) is 13.7. The first kappa shape index (κ1) is 19.3. The Morgan fingerprint density at radius 3 is 1.53 bits per heavy atom. The Labute approximate surface area is 120 Å². The van der Waals surface area contributed by atoms with Crippen LogP contribution in [-0.4, -0.2) is 39.4 Å². The lowest BCUT2D eigenvalue weighted by Gasteiger charge is -2.30. The van der Waals surface area contributed by atoms with Crippen LogP contribution < -0.4 is 0 Å². The molecule has 0 saturated carbocycles. The van der Waals surface area contributed by atoms with Gasteiger partial charge in [-0.25, -0.2) is 0 Å². The van der Waals surface area contributed by atoms with Crippen LogP contribution in [0, 0.1) is 0 Å². The van der Waals surface area contributed by atoms with Gasteiger partial charge in [0.1, 0.15) is 0 Å². The highest BCUT2D eigenvalue weighted by molar-refractivity contribution is 9.10. The summed E-state index contributed by atoms with van der Waals surface area (Å²) in [4.78, 5) is -4.26. The number of hydrogen-bond donors (Lipinski definition) is 0. The van der Waals surface area contributed by atoms with E-state index in [4.69, 9.17) is 13.3 Å². The van der Waals surface area contributed by atoms with Crippen molar-refractivity contribution in [3.8, 4) is 0 Å². The van der Waals surface area contributed by atoms with Gasteiger partial charge in [0.05, 0.1) is 0 Å². The minimum Gasteiger partial charge on any atom is -0.374 e. The summed E-state index contributed by atoms with van der Waals surface area (Å²) < 4.78 is 67.8. The van der Waals surface area contributed by atoms with E-state index in [1.54, 1.807) is 36.7 Å². The number of halogens is 5. The summed E-state index contributed by atoms with van der Waals surface area (Å²) in [5.41, 5.74) is 0. The number of rotatable bonds is 10. The summed E-state index contributed by atoms with van der Waals surface area (Å²) >= 11 is 1.69. The predicted molar refractivity (Wildman–Crippen MR) is 68.9 cm³/mol. The first-order valence-electron chi connectivity index (χ1n) is 6.00. The van der Waals surface area contributed by atoms with Gasteiger partial charge in [-0.3, -0.25) is 0 Å². The number of alkyl halides is 5. The Balaban J connectivity index is 4.81. The molecule has 0 aromatic heterocycles. The monoisotopic (exact) mass is 370 g/mol. The Morgan fingerprint density at radius 1 is 0.895 bits per heavy atom. The molecule has 0 aliphatic heterocycles. The second-order valence-corrected chi connectivity index (χ2v) is 7.41. The summed E-state index contributed by atoms with van der Waals surface area (Å²) in [5.74, 6) is -4.18. The van der Waals surface area contributed by atoms with Crippen molar-refractivity contribution in [3.63, 3.8) is 0 Å². The van der Waals surface area contributed by atoms with Crippen LogP contribution in [0.15, 0.2) is 0 Å². The first-order chi connectivity index (χ1) is 8.64. The average molecular weight is 371 g/mol. The van der Waals surface area contributed by atoms with E-state index in [-0.39, 0.29) is 25.9 Å². The quantitative estimate of drug-likeness (QED) is 0.330. The van der Waals surface area contributed by atoms with Gasteiger partial charge in [0.25, 0.3) is 0 Å². The molecule has 0 bridgehead atoms. The molecule has 0 atom stereocenters. The van der Waals surface area contributed by atoms with Gasteiger partial charge in [-0.1, -0.05) is 0 Å². The molecule has 0 aliphatic carbocycles. The lowest BCUT2D eigenvalue weighted by molar-refractivity contribution is -0.150. The minimum absolute atomic E-state index is 0.211. The van der Waals surface area contributed by atoms with Gasteiger partial charge in [-0.2, -0.15) is 17.6 Å². The van der Waals surface area contributed by atoms with E-state index in [0.717, 1.165) is 0 Å². The molecule has 9 heteroatoms. The molecule has 0 N–H and O–H groups in total. The van der Waals surface area contributed by atoms with Gasteiger partial charge in [0, 0.05) is 32.3 Å². The molecule has 0 rings (SSSR count). The highest BCUT2D eigenvalue weighted by Gasteiger charge is 2.56. The Bertz CT molecular complexity index is 247. The summed E-state index contributed by atoms with van der Waals surface area (Å²) in [7, 11) is -3.32. The van der Waals surface area contributed by atoms with Crippen molar-refractivity contribution in [3.05, 3.63) is 0 Å². The van der Waals surface area contributed by atoms with Crippen molar-refractivity contribution >= 4 is 24.7 Å². The largest absolute Gasteiger partial charge is 0.501 e. The van der Waals surface area contributed by atoms with Crippen molar-refractivity contribution in [2.24, 2.45) is 0 Å². The molecular weight excluding hydrogens is 352 g/mol. The molecule has 0 aliphatic rings. The molecular formula is C10H19BrF4O3Si. The lowest BCUT2D eigenvalue weighted by Crippen LogP contribution is -2.48. The summed E-state index contributed by atoms with van der Waals surface area (Å²) in [6.45, 7) is 5.62. The topological polar surface area (TPSA) is 27.7 Å². The second kappa shape index (κ2) is 7.92. The third-order valence-corrected chi connectivity index (χ3v) is 5.88. The molecule has 0 saturated heterocycles. The van der Waals surface area contributed by atoms with E-state index >= 15 is 0 Å². The fourth-order valence-electron chi connectivity index (χ4n) is 1.45. The third-order valence-electron chi connectivity index (χ3n) is 2.25. The van der Waals surface area contributed by atoms with Crippen molar-refractivity contribution in [2.75, 3.05) is 19.8 Å². The van der Waals surface area contributed by atoms with Gasteiger partial charge in [0.2, 0.25) is 0 Å². The molecule has 0 aromatic carbocycles. The first-order valence-corrected chi connectivity index (χ1v) is 8.73. The van der Waals surface area contributed by atoms with Crippen LogP contribution in [-0.2, 0) is 13.3 Å². The lowest BCUT2D eigenvalue weighted by atomic mass is 10.3. The maximum Gasteiger partial charge on any atom is 0.501 e. The standard InChI is InChI=1S/C10H19BrF4O3Si/c1-4-16-19(17-5-2,18-6-3)8-7-9(12,13)10(11,14)15/h4-8H2,1-3H3. The molecule has 0 radical (unpaired) electrons. The van der Waals surface area contributed by atoms with E-state index in [2.05, 4.69) is 0 Å². The van der Waals surface area contributed by atoms with Crippen LogP contribution in [0.1, 0.15) is 27.2 Å². The normalized spacial score (nSPS) is 13.9. The van der Waals surface area contributed by atoms with Crippen LogP contribution in [0.4, 0.5) is 17.6 Å². The molecule has 19 heavy (non-hydrogen) atoms. The third kappa shape index (κ3) is 6.07. The molecule has 0 unspecified atom stereocenters. The van der Waals surface area contributed by atoms with E-state index in [9.17, 15) is 17.6 Å². The Kier molecular flexibility index (Phi) is 8.04. The fourth-order valence-corrected chi connectivity index (χ4v) is 4.27. The van der Waals surface area contributed by atoms with Gasteiger partial charge in [-0.15, -0.1) is 0 Å². The molecule has 0 aromatic rings. The van der Waals surface area contributed by atoms with Crippen molar-refractivity contribution in [1.29, 1.82) is 0 Å². The van der Waals surface area contributed by atoms with Gasteiger partial charge >= 0.3 is 19.6 Å². The molecule has 0 spiro atoms.